The van der Waals surface area contributed by atoms with Crippen molar-refractivity contribution in [1.82, 2.24) is 5.32 Å². The number of benzene rings is 2. The molecule has 2 aromatic rings. The normalized spacial score (nSPS) is 17.0. The van der Waals surface area contributed by atoms with Gasteiger partial charge in [0.25, 0.3) is 0 Å². The number of dihydropyridines is 1. The van der Waals surface area contributed by atoms with Crippen LogP contribution >= 0.6 is 31.9 Å². The molecule has 0 bridgehead atoms. The highest BCUT2D eigenvalue weighted by Gasteiger charge is 2.43. The van der Waals surface area contributed by atoms with Gasteiger partial charge in [-0.05, 0) is 56.5 Å². The molecular weight excluding hydrogens is 546 g/mol. The van der Waals surface area contributed by atoms with Gasteiger partial charge in [-0.15, -0.1) is 0 Å². The summed E-state index contributed by atoms with van der Waals surface area (Å²) in [6.07, 6.45) is 0. The third-order valence-corrected chi connectivity index (χ3v) is 6.53. The van der Waals surface area contributed by atoms with Crippen LogP contribution < -0.4 is 10.1 Å². The highest BCUT2D eigenvalue weighted by Crippen LogP contribution is 2.48. The molecular formula is C23H17Br2NO6. The number of carbonyl (C=O) groups excluding carboxylic acids is 2. The van der Waals surface area contributed by atoms with E-state index in [-0.39, 0.29) is 5.78 Å². The summed E-state index contributed by atoms with van der Waals surface area (Å²) in [5.74, 6) is -2.21. The fourth-order valence-electron chi connectivity index (χ4n) is 4.06. The van der Waals surface area contributed by atoms with Crippen LogP contribution in [0.2, 0.25) is 0 Å². The van der Waals surface area contributed by atoms with Crippen molar-refractivity contribution >= 4 is 55.3 Å². The largest absolute Gasteiger partial charge is 0.480 e. The topological polar surface area (TPSA) is 102 Å². The van der Waals surface area contributed by atoms with Crippen LogP contribution in [-0.2, 0) is 14.3 Å². The number of ether oxygens (including phenoxy) is 2. The Balaban J connectivity index is 1.89. The van der Waals surface area contributed by atoms with Crippen LogP contribution in [0.15, 0.2) is 62.2 Å². The standard InChI is InChI=1S/C23H17Br2NO6/c1-10-17(23(30)31-2)18(11-7-14(24)22(15(25)8-11)32-9-16(27)28)19-20(26-10)12-5-3-4-6-13(12)21(19)29/h3-8,18,26H,9H2,1-2H3,(H,27,28)/t18-/m0/s1. The molecule has 2 aromatic carbocycles. The van der Waals surface area contributed by atoms with E-state index in [9.17, 15) is 14.4 Å². The third kappa shape index (κ3) is 3.65. The molecule has 1 heterocycles. The van der Waals surface area contributed by atoms with Gasteiger partial charge in [-0.1, -0.05) is 24.3 Å². The summed E-state index contributed by atoms with van der Waals surface area (Å²) < 4.78 is 11.4. The molecule has 0 saturated heterocycles. The molecule has 1 aliphatic heterocycles. The zero-order valence-corrected chi connectivity index (χ0v) is 20.2. The van der Waals surface area contributed by atoms with Crippen molar-refractivity contribution in [2.75, 3.05) is 13.7 Å². The van der Waals surface area contributed by atoms with Crippen molar-refractivity contribution in [3.8, 4) is 5.75 Å². The lowest BCUT2D eigenvalue weighted by Crippen LogP contribution is -2.29. The van der Waals surface area contributed by atoms with Crippen LogP contribution in [0.4, 0.5) is 0 Å². The van der Waals surface area contributed by atoms with E-state index in [2.05, 4.69) is 37.2 Å². The average Bonchev–Trinajstić information content (AvgIpc) is 3.03. The maximum absolute atomic E-state index is 13.4. The number of hydrogen-bond donors (Lipinski definition) is 2. The molecule has 164 valence electrons. The van der Waals surface area contributed by atoms with E-state index in [0.29, 0.717) is 48.4 Å². The molecule has 0 spiro atoms. The molecule has 1 atom stereocenters. The fraction of sp³-hybridized carbons (Fsp3) is 0.174. The lowest BCUT2D eigenvalue weighted by atomic mass is 9.80. The number of ketones is 1. The highest BCUT2D eigenvalue weighted by molar-refractivity contribution is 9.11. The number of methoxy groups -OCH3 is 1. The van der Waals surface area contributed by atoms with Gasteiger partial charge in [-0.2, -0.15) is 0 Å². The van der Waals surface area contributed by atoms with E-state index in [1.54, 1.807) is 31.2 Å². The number of carboxylic acids is 1. The zero-order valence-electron chi connectivity index (χ0n) is 17.0. The second-order valence-corrected chi connectivity index (χ2v) is 8.96. The lowest BCUT2D eigenvalue weighted by Gasteiger charge is -2.29. The first kappa shape index (κ1) is 22.3. The maximum Gasteiger partial charge on any atom is 0.341 e. The molecule has 0 unspecified atom stereocenters. The Morgan fingerprint density at radius 1 is 1.12 bits per heavy atom. The first-order valence-corrected chi connectivity index (χ1v) is 11.1. The highest BCUT2D eigenvalue weighted by atomic mass is 79.9. The van der Waals surface area contributed by atoms with E-state index in [4.69, 9.17) is 14.6 Å². The molecule has 2 N–H and O–H groups in total. The van der Waals surface area contributed by atoms with Gasteiger partial charge in [0, 0.05) is 28.3 Å². The van der Waals surface area contributed by atoms with E-state index in [1.165, 1.54) is 7.11 Å². The number of rotatable bonds is 5. The van der Waals surface area contributed by atoms with Gasteiger partial charge < -0.3 is 19.9 Å². The summed E-state index contributed by atoms with van der Waals surface area (Å²) in [6.45, 7) is 1.25. The van der Waals surface area contributed by atoms with Crippen LogP contribution in [0, 0.1) is 0 Å². The Morgan fingerprint density at radius 3 is 2.34 bits per heavy atom. The van der Waals surface area contributed by atoms with Gasteiger partial charge in [-0.3, -0.25) is 4.79 Å². The maximum atomic E-state index is 13.4. The van der Waals surface area contributed by atoms with Gasteiger partial charge in [0.15, 0.2) is 12.4 Å². The Bertz CT molecular complexity index is 1220. The summed E-state index contributed by atoms with van der Waals surface area (Å²) in [6, 6.07) is 10.7. The van der Waals surface area contributed by atoms with Crippen LogP contribution in [0.5, 0.6) is 5.75 Å². The smallest absolute Gasteiger partial charge is 0.341 e. The minimum atomic E-state index is -1.11. The Labute approximate surface area is 200 Å². The molecule has 0 radical (unpaired) electrons. The predicted octanol–water partition coefficient (Wildman–Crippen LogP) is 4.42. The van der Waals surface area contributed by atoms with Crippen molar-refractivity contribution in [2.45, 2.75) is 12.8 Å². The van der Waals surface area contributed by atoms with Crippen LogP contribution in [0.3, 0.4) is 0 Å². The Kier molecular flexibility index (Phi) is 5.96. The Morgan fingerprint density at radius 2 is 1.75 bits per heavy atom. The molecule has 7 nitrogen and oxygen atoms in total. The van der Waals surface area contributed by atoms with Crippen molar-refractivity contribution in [3.05, 3.63) is 78.9 Å². The summed E-state index contributed by atoms with van der Waals surface area (Å²) >= 11 is 6.85. The molecule has 0 amide bonds. The SMILES string of the molecule is COC(=O)C1=C(C)NC2=C(C(=O)c3ccccc32)[C@H]1c1cc(Br)c(OCC(=O)O)c(Br)c1. The number of nitrogens with one attached hydrogen (secondary N) is 1. The van der Waals surface area contributed by atoms with Crippen LogP contribution in [0.1, 0.15) is 34.3 Å². The third-order valence-electron chi connectivity index (χ3n) is 5.35. The molecule has 9 heteroatoms. The van der Waals surface area contributed by atoms with Crippen molar-refractivity contribution in [1.29, 1.82) is 0 Å². The van der Waals surface area contributed by atoms with Crippen LogP contribution in [-0.4, -0.2) is 36.5 Å². The summed E-state index contributed by atoms with van der Waals surface area (Å²) in [7, 11) is 1.30. The number of aliphatic carboxylic acids is 1. The second-order valence-electron chi connectivity index (χ2n) is 7.25. The van der Waals surface area contributed by atoms with Gasteiger partial charge in [0.1, 0.15) is 5.75 Å². The van der Waals surface area contributed by atoms with Gasteiger partial charge in [0.2, 0.25) is 0 Å². The first-order valence-electron chi connectivity index (χ1n) is 9.52. The van der Waals surface area contributed by atoms with Crippen LogP contribution in [0.25, 0.3) is 5.70 Å². The number of Topliss-reactive ketones (excluding diaryl/α,β-unsaturated/α-hetero) is 1. The number of carbonyl (C=O) groups is 3. The summed E-state index contributed by atoms with van der Waals surface area (Å²) in [5.41, 5.74) is 4.01. The molecule has 0 saturated carbocycles. The zero-order chi connectivity index (χ0) is 23.2. The molecule has 2 aliphatic rings. The van der Waals surface area contributed by atoms with Crippen molar-refractivity contribution < 1.29 is 29.0 Å². The lowest BCUT2D eigenvalue weighted by molar-refractivity contribution is -0.139. The number of allylic oxidation sites excluding steroid dienone is 2. The second kappa shape index (κ2) is 8.55. The fourth-order valence-corrected chi connectivity index (χ4v) is 5.51. The minimum absolute atomic E-state index is 0.166. The quantitative estimate of drug-likeness (QED) is 0.520. The van der Waals surface area contributed by atoms with Crippen molar-refractivity contribution in [3.63, 3.8) is 0 Å². The summed E-state index contributed by atoms with van der Waals surface area (Å²) in [5, 5.41) is 12.1. The predicted molar refractivity (Wildman–Crippen MR) is 123 cm³/mol. The number of halogens is 2. The molecule has 32 heavy (non-hydrogen) atoms. The molecule has 0 aromatic heterocycles. The van der Waals surface area contributed by atoms with Gasteiger partial charge in [0.05, 0.1) is 27.3 Å². The number of hydrogen-bond acceptors (Lipinski definition) is 6. The summed E-state index contributed by atoms with van der Waals surface area (Å²) in [4.78, 5) is 37.1. The number of esters is 1. The van der Waals surface area contributed by atoms with E-state index in [1.807, 2.05) is 12.1 Å². The van der Waals surface area contributed by atoms with Gasteiger partial charge in [-0.25, -0.2) is 9.59 Å². The van der Waals surface area contributed by atoms with E-state index in [0.717, 1.165) is 5.56 Å². The molecule has 0 fully saturated rings. The molecule has 4 rings (SSSR count). The average molecular weight is 563 g/mol. The Hall–Kier alpha value is -2.91. The van der Waals surface area contributed by atoms with E-state index >= 15 is 0 Å². The van der Waals surface area contributed by atoms with Gasteiger partial charge >= 0.3 is 11.9 Å². The number of carboxylic acid groups (broad SMARTS) is 1. The first-order chi connectivity index (χ1) is 15.2. The van der Waals surface area contributed by atoms with Crippen molar-refractivity contribution in [2.24, 2.45) is 0 Å². The monoisotopic (exact) mass is 561 g/mol. The molecule has 1 aliphatic carbocycles. The minimum Gasteiger partial charge on any atom is -0.480 e. The number of fused-ring (bicyclic) bond motifs is 2. The van der Waals surface area contributed by atoms with E-state index < -0.39 is 24.5 Å².